The monoisotopic (exact) mass is 236 g/mol. The number of carboxylic acids is 1. The van der Waals surface area contributed by atoms with Crippen LogP contribution in [0.25, 0.3) is 0 Å². The van der Waals surface area contributed by atoms with Crippen molar-refractivity contribution in [3.05, 3.63) is 23.9 Å². The van der Waals surface area contributed by atoms with Gasteiger partial charge in [-0.3, -0.25) is 0 Å². The summed E-state index contributed by atoms with van der Waals surface area (Å²) in [6.45, 7) is 3.76. The van der Waals surface area contributed by atoms with Crippen LogP contribution in [0, 0.1) is 0 Å². The van der Waals surface area contributed by atoms with Gasteiger partial charge in [0.05, 0.1) is 0 Å². The van der Waals surface area contributed by atoms with E-state index in [4.69, 9.17) is 9.84 Å². The molecule has 1 aromatic rings. The van der Waals surface area contributed by atoms with Gasteiger partial charge in [0, 0.05) is 6.20 Å². The van der Waals surface area contributed by atoms with Gasteiger partial charge in [-0.05, 0) is 45.0 Å². The molecule has 5 heteroatoms. The maximum absolute atomic E-state index is 11.0. The van der Waals surface area contributed by atoms with E-state index in [-0.39, 0.29) is 17.0 Å². The highest BCUT2D eigenvalue weighted by Crippen LogP contribution is 2.26. The lowest BCUT2D eigenvalue weighted by Gasteiger charge is -2.34. The molecule has 2 N–H and O–H groups in total. The van der Waals surface area contributed by atoms with E-state index >= 15 is 0 Å². The quantitative estimate of drug-likeness (QED) is 0.827. The van der Waals surface area contributed by atoms with E-state index in [0.29, 0.717) is 0 Å². The molecular formula is C12H16N2O3. The second kappa shape index (κ2) is 4.71. The minimum absolute atomic E-state index is 0.118. The summed E-state index contributed by atoms with van der Waals surface area (Å²) in [6, 6.07) is 3.11. The predicted octanol–water partition coefficient (Wildman–Crippen LogP) is 1.30. The first-order valence-electron chi connectivity index (χ1n) is 5.69. The number of carbonyl (C=O) groups is 1. The molecular weight excluding hydrogens is 220 g/mol. The third kappa shape index (κ3) is 2.74. The highest BCUT2D eigenvalue weighted by molar-refractivity contribution is 5.90. The average Bonchev–Trinajstić information content (AvgIpc) is 2.29. The number of pyridine rings is 1. The van der Waals surface area contributed by atoms with Gasteiger partial charge in [-0.25, -0.2) is 9.78 Å². The number of nitrogens with zero attached hydrogens (tertiary/aromatic N) is 1. The van der Waals surface area contributed by atoms with Crippen LogP contribution < -0.4 is 10.1 Å². The maximum atomic E-state index is 11.0. The van der Waals surface area contributed by atoms with Gasteiger partial charge in [0.1, 0.15) is 11.2 Å². The molecule has 0 unspecified atom stereocenters. The molecule has 1 aliphatic rings. The van der Waals surface area contributed by atoms with E-state index in [1.54, 1.807) is 12.3 Å². The second-order valence-corrected chi connectivity index (χ2v) is 4.46. The van der Waals surface area contributed by atoms with Crippen LogP contribution in [0.4, 0.5) is 0 Å². The van der Waals surface area contributed by atoms with Crippen molar-refractivity contribution in [1.29, 1.82) is 0 Å². The summed E-state index contributed by atoms with van der Waals surface area (Å²) in [5.41, 5.74) is -0.212. The van der Waals surface area contributed by atoms with Crippen molar-refractivity contribution < 1.29 is 14.6 Å². The predicted molar refractivity (Wildman–Crippen MR) is 62.3 cm³/mol. The van der Waals surface area contributed by atoms with Crippen molar-refractivity contribution in [2.24, 2.45) is 0 Å². The fraction of sp³-hybridized carbons (Fsp3) is 0.500. The van der Waals surface area contributed by atoms with Crippen molar-refractivity contribution >= 4 is 5.97 Å². The molecule has 0 aromatic carbocycles. The van der Waals surface area contributed by atoms with Gasteiger partial charge in [0.25, 0.3) is 0 Å². The zero-order chi connectivity index (χ0) is 12.3. The molecule has 17 heavy (non-hydrogen) atoms. The number of aromatic carboxylic acids is 1. The van der Waals surface area contributed by atoms with Crippen LogP contribution in [0.2, 0.25) is 0 Å². The van der Waals surface area contributed by atoms with Crippen molar-refractivity contribution in [3.8, 4) is 5.88 Å². The molecule has 0 saturated carbocycles. The Bertz CT molecular complexity index is 414. The van der Waals surface area contributed by atoms with Gasteiger partial charge in [0.15, 0.2) is 0 Å². The van der Waals surface area contributed by atoms with Crippen LogP contribution >= 0.6 is 0 Å². The summed E-state index contributed by atoms with van der Waals surface area (Å²) < 4.78 is 5.80. The zero-order valence-corrected chi connectivity index (χ0v) is 9.77. The fourth-order valence-corrected chi connectivity index (χ4v) is 1.93. The summed E-state index contributed by atoms with van der Waals surface area (Å²) in [5, 5.41) is 12.3. The molecule has 92 valence electrons. The molecule has 2 rings (SSSR count). The second-order valence-electron chi connectivity index (χ2n) is 4.46. The lowest BCUT2D eigenvalue weighted by Crippen LogP contribution is -2.44. The van der Waals surface area contributed by atoms with E-state index < -0.39 is 5.97 Å². The minimum Gasteiger partial charge on any atom is -0.477 e. The first-order valence-corrected chi connectivity index (χ1v) is 5.69. The number of hydrogen-bond acceptors (Lipinski definition) is 4. The lowest BCUT2D eigenvalue weighted by atomic mass is 9.94. The number of carboxylic acid groups (broad SMARTS) is 1. The van der Waals surface area contributed by atoms with Gasteiger partial charge in [0.2, 0.25) is 5.88 Å². The summed E-state index contributed by atoms with van der Waals surface area (Å²) in [6.07, 6.45) is 3.25. The molecule has 5 nitrogen and oxygen atoms in total. The van der Waals surface area contributed by atoms with E-state index in [9.17, 15) is 4.79 Å². The number of rotatable bonds is 3. The van der Waals surface area contributed by atoms with Crippen molar-refractivity contribution in [3.63, 3.8) is 0 Å². The Morgan fingerprint density at radius 2 is 2.24 bits per heavy atom. The largest absolute Gasteiger partial charge is 0.477 e. The number of hydrogen-bond donors (Lipinski definition) is 2. The van der Waals surface area contributed by atoms with Gasteiger partial charge < -0.3 is 15.2 Å². The van der Waals surface area contributed by atoms with Crippen LogP contribution in [-0.2, 0) is 0 Å². The first-order chi connectivity index (χ1) is 8.11. The normalized spacial score (nSPS) is 18.6. The molecule has 1 aromatic heterocycles. The zero-order valence-electron chi connectivity index (χ0n) is 9.77. The third-order valence-electron chi connectivity index (χ3n) is 3.01. The Labute approximate surface area is 99.8 Å². The van der Waals surface area contributed by atoms with Gasteiger partial charge >= 0.3 is 5.97 Å². The lowest BCUT2D eigenvalue weighted by molar-refractivity contribution is 0.0468. The van der Waals surface area contributed by atoms with E-state index in [1.165, 1.54) is 6.07 Å². The summed E-state index contributed by atoms with van der Waals surface area (Å²) in [4.78, 5) is 15.1. The first kappa shape index (κ1) is 11.9. The molecule has 1 aliphatic heterocycles. The van der Waals surface area contributed by atoms with E-state index in [2.05, 4.69) is 10.3 Å². The molecule has 0 radical (unpaired) electrons. The standard InChI is InChI=1S/C12H16N2O3/c1-12(4-7-13-8-5-12)17-10-9(11(15)16)3-2-6-14-10/h2-3,6,13H,4-5,7-8H2,1H3,(H,15,16). The Morgan fingerprint density at radius 1 is 1.53 bits per heavy atom. The fourth-order valence-electron chi connectivity index (χ4n) is 1.93. The number of aromatic nitrogens is 1. The topological polar surface area (TPSA) is 71.5 Å². The van der Waals surface area contributed by atoms with Crippen LogP contribution in [-0.4, -0.2) is 34.8 Å². The van der Waals surface area contributed by atoms with E-state index in [1.807, 2.05) is 6.92 Å². The molecule has 1 saturated heterocycles. The summed E-state index contributed by atoms with van der Waals surface area (Å²) >= 11 is 0. The van der Waals surface area contributed by atoms with Crippen LogP contribution in [0.5, 0.6) is 5.88 Å². The molecule has 0 bridgehead atoms. The number of nitrogens with one attached hydrogen (secondary N) is 1. The molecule has 0 spiro atoms. The highest BCUT2D eigenvalue weighted by Gasteiger charge is 2.30. The number of piperidine rings is 1. The summed E-state index contributed by atoms with van der Waals surface area (Å²) in [7, 11) is 0. The van der Waals surface area contributed by atoms with Crippen molar-refractivity contribution in [2.45, 2.75) is 25.4 Å². The van der Waals surface area contributed by atoms with Crippen molar-refractivity contribution in [1.82, 2.24) is 10.3 Å². The molecule has 1 fully saturated rings. The van der Waals surface area contributed by atoms with Gasteiger partial charge in [-0.2, -0.15) is 0 Å². The van der Waals surface area contributed by atoms with Crippen LogP contribution in [0.1, 0.15) is 30.1 Å². The van der Waals surface area contributed by atoms with Gasteiger partial charge in [-0.15, -0.1) is 0 Å². The minimum atomic E-state index is -1.01. The molecule has 0 atom stereocenters. The smallest absolute Gasteiger partial charge is 0.341 e. The molecule has 0 amide bonds. The van der Waals surface area contributed by atoms with Gasteiger partial charge in [-0.1, -0.05) is 0 Å². The van der Waals surface area contributed by atoms with Crippen LogP contribution in [0.15, 0.2) is 18.3 Å². The molecule has 2 heterocycles. The highest BCUT2D eigenvalue weighted by atomic mass is 16.5. The van der Waals surface area contributed by atoms with Crippen molar-refractivity contribution in [2.75, 3.05) is 13.1 Å². The summed E-state index contributed by atoms with van der Waals surface area (Å²) in [5.74, 6) is -0.796. The number of ether oxygens (including phenoxy) is 1. The molecule has 0 aliphatic carbocycles. The Kier molecular flexibility index (Phi) is 3.28. The van der Waals surface area contributed by atoms with Crippen LogP contribution in [0.3, 0.4) is 0 Å². The Balaban J connectivity index is 2.20. The SMILES string of the molecule is CC1(Oc2ncccc2C(=O)O)CCNCC1. The Morgan fingerprint density at radius 3 is 2.88 bits per heavy atom. The van der Waals surface area contributed by atoms with E-state index in [0.717, 1.165) is 25.9 Å². The maximum Gasteiger partial charge on any atom is 0.341 e. The third-order valence-corrected chi connectivity index (χ3v) is 3.01. The Hall–Kier alpha value is -1.62. The average molecular weight is 236 g/mol.